The zero-order valence-corrected chi connectivity index (χ0v) is 13.4. The number of amides is 2. The highest BCUT2D eigenvalue weighted by Crippen LogP contribution is 2.17. The van der Waals surface area contributed by atoms with Gasteiger partial charge in [0.05, 0.1) is 24.6 Å². The molecule has 0 radical (unpaired) electrons. The van der Waals surface area contributed by atoms with Crippen LogP contribution in [0.1, 0.15) is 11.1 Å². The molecule has 6 heteroatoms. The van der Waals surface area contributed by atoms with E-state index < -0.39 is 0 Å². The van der Waals surface area contributed by atoms with Crippen LogP contribution in [0.15, 0.2) is 54.7 Å². The quantitative estimate of drug-likeness (QED) is 0.669. The van der Waals surface area contributed by atoms with Crippen LogP contribution in [-0.4, -0.2) is 23.3 Å². The van der Waals surface area contributed by atoms with Gasteiger partial charge in [0.25, 0.3) is 0 Å². The van der Waals surface area contributed by atoms with Gasteiger partial charge in [-0.2, -0.15) is 5.26 Å². The molecule has 0 unspecified atom stereocenters. The molecular formula is C19H16N4O2. The molecule has 0 atom stereocenters. The van der Waals surface area contributed by atoms with E-state index in [0.29, 0.717) is 11.3 Å². The maximum Gasteiger partial charge on any atom is 0.243 e. The second-order valence-electron chi connectivity index (χ2n) is 5.55. The Hall–Kier alpha value is -3.59. The predicted octanol–water partition coefficient (Wildman–Crippen LogP) is 2.34. The Kier molecular flexibility index (Phi) is 4.77. The molecule has 2 amide bonds. The molecule has 0 aliphatic heterocycles. The number of nitrogens with zero attached hydrogens (tertiary/aromatic N) is 1. The molecule has 25 heavy (non-hydrogen) atoms. The number of rotatable bonds is 5. The lowest BCUT2D eigenvalue weighted by Gasteiger charge is -2.07. The van der Waals surface area contributed by atoms with E-state index in [2.05, 4.69) is 15.6 Å². The molecule has 0 saturated heterocycles. The Labute approximate surface area is 144 Å². The van der Waals surface area contributed by atoms with Crippen molar-refractivity contribution in [2.45, 2.75) is 6.42 Å². The Morgan fingerprint density at radius 3 is 2.76 bits per heavy atom. The van der Waals surface area contributed by atoms with Crippen molar-refractivity contribution in [3.05, 3.63) is 65.9 Å². The summed E-state index contributed by atoms with van der Waals surface area (Å²) in [6.45, 7) is -0.127. The Balaban J connectivity index is 1.53. The SMILES string of the molecule is N#Cc1cccc(NC(=O)CNC(=O)Cc2c[nH]c3ccccc23)c1. The highest BCUT2D eigenvalue weighted by atomic mass is 16.2. The van der Waals surface area contributed by atoms with Crippen molar-refractivity contribution in [3.63, 3.8) is 0 Å². The van der Waals surface area contributed by atoms with Crippen LogP contribution in [0.3, 0.4) is 0 Å². The molecule has 0 saturated carbocycles. The van der Waals surface area contributed by atoms with Gasteiger partial charge in [-0.05, 0) is 29.8 Å². The molecule has 6 nitrogen and oxygen atoms in total. The lowest BCUT2D eigenvalue weighted by molar-refractivity contribution is -0.123. The minimum Gasteiger partial charge on any atom is -0.361 e. The van der Waals surface area contributed by atoms with Crippen LogP contribution in [0.4, 0.5) is 5.69 Å². The fourth-order valence-electron chi connectivity index (χ4n) is 2.56. The van der Waals surface area contributed by atoms with Gasteiger partial charge in [-0.3, -0.25) is 9.59 Å². The first-order valence-electron chi connectivity index (χ1n) is 7.77. The number of aromatic amines is 1. The largest absolute Gasteiger partial charge is 0.361 e. The van der Waals surface area contributed by atoms with Crippen LogP contribution < -0.4 is 10.6 Å². The number of hydrogen-bond donors (Lipinski definition) is 3. The number of nitrogens with one attached hydrogen (secondary N) is 3. The average molecular weight is 332 g/mol. The van der Waals surface area contributed by atoms with E-state index in [-0.39, 0.29) is 24.8 Å². The molecule has 3 N–H and O–H groups in total. The van der Waals surface area contributed by atoms with E-state index in [1.165, 1.54) is 0 Å². The number of hydrogen-bond acceptors (Lipinski definition) is 3. The number of para-hydroxylation sites is 1. The number of fused-ring (bicyclic) bond motifs is 1. The van der Waals surface area contributed by atoms with E-state index in [1.54, 1.807) is 30.5 Å². The normalized spacial score (nSPS) is 10.2. The summed E-state index contributed by atoms with van der Waals surface area (Å²) in [7, 11) is 0. The Bertz CT molecular complexity index is 969. The summed E-state index contributed by atoms with van der Waals surface area (Å²) in [4.78, 5) is 27.1. The maximum absolute atomic E-state index is 12.1. The number of benzene rings is 2. The van der Waals surface area contributed by atoms with Crippen molar-refractivity contribution in [1.29, 1.82) is 5.26 Å². The van der Waals surface area contributed by atoms with E-state index in [9.17, 15) is 9.59 Å². The number of anilines is 1. The molecule has 0 fully saturated rings. The van der Waals surface area contributed by atoms with Gasteiger partial charge >= 0.3 is 0 Å². The monoisotopic (exact) mass is 332 g/mol. The van der Waals surface area contributed by atoms with Crippen LogP contribution in [0.25, 0.3) is 10.9 Å². The summed E-state index contributed by atoms with van der Waals surface area (Å²) in [5, 5.41) is 15.1. The fraction of sp³-hybridized carbons (Fsp3) is 0.105. The predicted molar refractivity (Wildman–Crippen MR) is 94.8 cm³/mol. The molecule has 0 aliphatic rings. The first-order chi connectivity index (χ1) is 12.2. The first-order valence-corrected chi connectivity index (χ1v) is 7.77. The smallest absolute Gasteiger partial charge is 0.243 e. The number of nitriles is 1. The zero-order chi connectivity index (χ0) is 17.6. The second kappa shape index (κ2) is 7.32. The Morgan fingerprint density at radius 2 is 1.92 bits per heavy atom. The van der Waals surface area contributed by atoms with Crippen molar-refractivity contribution >= 4 is 28.4 Å². The van der Waals surface area contributed by atoms with Gasteiger partial charge < -0.3 is 15.6 Å². The van der Waals surface area contributed by atoms with Crippen LogP contribution in [-0.2, 0) is 16.0 Å². The summed E-state index contributed by atoms with van der Waals surface area (Å²) < 4.78 is 0. The van der Waals surface area contributed by atoms with Gasteiger partial charge in [-0.15, -0.1) is 0 Å². The molecule has 3 aromatic rings. The zero-order valence-electron chi connectivity index (χ0n) is 13.4. The third-order valence-electron chi connectivity index (χ3n) is 3.75. The number of aromatic nitrogens is 1. The van der Waals surface area contributed by atoms with E-state index in [0.717, 1.165) is 16.5 Å². The van der Waals surface area contributed by atoms with Crippen LogP contribution in [0.5, 0.6) is 0 Å². The van der Waals surface area contributed by atoms with Gasteiger partial charge in [0.2, 0.25) is 11.8 Å². The van der Waals surface area contributed by atoms with Gasteiger partial charge in [0, 0.05) is 22.8 Å². The summed E-state index contributed by atoms with van der Waals surface area (Å²) in [6, 6.07) is 16.3. The molecular weight excluding hydrogens is 316 g/mol. The van der Waals surface area contributed by atoms with Crippen molar-refractivity contribution in [1.82, 2.24) is 10.3 Å². The van der Waals surface area contributed by atoms with Crippen molar-refractivity contribution < 1.29 is 9.59 Å². The number of H-pyrrole nitrogens is 1. The maximum atomic E-state index is 12.1. The third-order valence-corrected chi connectivity index (χ3v) is 3.75. The highest BCUT2D eigenvalue weighted by Gasteiger charge is 2.10. The van der Waals surface area contributed by atoms with Gasteiger partial charge in [-0.1, -0.05) is 24.3 Å². The molecule has 124 valence electrons. The van der Waals surface area contributed by atoms with Crippen molar-refractivity contribution in [2.24, 2.45) is 0 Å². The number of carbonyl (C=O) groups excluding carboxylic acids is 2. The summed E-state index contributed by atoms with van der Waals surface area (Å²) in [5.74, 6) is -0.576. The Morgan fingerprint density at radius 1 is 1.08 bits per heavy atom. The van der Waals surface area contributed by atoms with Crippen LogP contribution in [0.2, 0.25) is 0 Å². The van der Waals surface area contributed by atoms with E-state index in [4.69, 9.17) is 5.26 Å². The minimum absolute atomic E-state index is 0.127. The standard InChI is InChI=1S/C19H16N4O2/c20-10-13-4-3-5-15(8-13)23-19(25)12-22-18(24)9-14-11-21-17-7-2-1-6-16(14)17/h1-8,11,21H,9,12H2,(H,22,24)(H,23,25). The van der Waals surface area contributed by atoms with Gasteiger partial charge in [0.1, 0.15) is 0 Å². The summed E-state index contributed by atoms with van der Waals surface area (Å²) >= 11 is 0. The lowest BCUT2D eigenvalue weighted by Crippen LogP contribution is -2.33. The van der Waals surface area contributed by atoms with E-state index >= 15 is 0 Å². The van der Waals surface area contributed by atoms with Crippen molar-refractivity contribution in [3.8, 4) is 6.07 Å². The molecule has 2 aromatic carbocycles. The number of carbonyl (C=O) groups is 2. The minimum atomic E-state index is -0.345. The molecule has 0 bridgehead atoms. The lowest BCUT2D eigenvalue weighted by atomic mass is 10.1. The van der Waals surface area contributed by atoms with Crippen molar-refractivity contribution in [2.75, 3.05) is 11.9 Å². The molecule has 1 heterocycles. The molecule has 0 spiro atoms. The summed E-state index contributed by atoms with van der Waals surface area (Å²) in [6.07, 6.45) is 2.00. The summed E-state index contributed by atoms with van der Waals surface area (Å²) in [5.41, 5.74) is 2.84. The molecule has 0 aliphatic carbocycles. The average Bonchev–Trinajstić information content (AvgIpc) is 3.03. The van der Waals surface area contributed by atoms with Gasteiger partial charge in [-0.25, -0.2) is 0 Å². The first kappa shape index (κ1) is 16.3. The topological polar surface area (TPSA) is 97.8 Å². The molecule has 3 rings (SSSR count). The second-order valence-corrected chi connectivity index (χ2v) is 5.55. The van der Waals surface area contributed by atoms with Gasteiger partial charge in [0.15, 0.2) is 0 Å². The van der Waals surface area contributed by atoms with E-state index in [1.807, 2.05) is 30.3 Å². The molecule has 1 aromatic heterocycles. The fourth-order valence-corrected chi connectivity index (χ4v) is 2.56. The van der Waals surface area contributed by atoms with Crippen LogP contribution >= 0.6 is 0 Å². The highest BCUT2D eigenvalue weighted by molar-refractivity contribution is 5.95. The third kappa shape index (κ3) is 4.03. The van der Waals surface area contributed by atoms with Crippen LogP contribution in [0, 0.1) is 11.3 Å².